The second-order valence-corrected chi connectivity index (χ2v) is 4.02. The van der Waals surface area contributed by atoms with E-state index in [1.807, 2.05) is 24.3 Å². The molecule has 5 nitrogen and oxygen atoms in total. The number of aryl methyl sites for hydroxylation is 1. The molecule has 0 amide bonds. The lowest BCUT2D eigenvalue weighted by Gasteiger charge is -2.07. The lowest BCUT2D eigenvalue weighted by Crippen LogP contribution is -2.01. The molecule has 0 bridgehead atoms. The first-order chi connectivity index (χ1) is 9.20. The third-order valence-corrected chi connectivity index (χ3v) is 2.76. The van der Waals surface area contributed by atoms with E-state index in [0.717, 1.165) is 22.6 Å². The van der Waals surface area contributed by atoms with Crippen LogP contribution in [0.1, 0.15) is 12.0 Å². The van der Waals surface area contributed by atoms with E-state index in [1.165, 1.54) is 6.33 Å². The molecular formula is C14H14N2O3. The van der Waals surface area contributed by atoms with Gasteiger partial charge in [0, 0.05) is 18.2 Å². The summed E-state index contributed by atoms with van der Waals surface area (Å²) in [6.07, 6.45) is 3.60. The quantitative estimate of drug-likeness (QED) is 0.889. The normalized spacial score (nSPS) is 10.2. The Labute approximate surface area is 110 Å². The van der Waals surface area contributed by atoms with Crippen molar-refractivity contribution >= 4 is 5.97 Å². The van der Waals surface area contributed by atoms with Crippen molar-refractivity contribution in [3.63, 3.8) is 0 Å². The van der Waals surface area contributed by atoms with Gasteiger partial charge in [-0.2, -0.15) is 0 Å². The van der Waals surface area contributed by atoms with Crippen LogP contribution in [0.3, 0.4) is 0 Å². The van der Waals surface area contributed by atoms with E-state index in [0.29, 0.717) is 6.42 Å². The molecule has 0 radical (unpaired) electrons. The van der Waals surface area contributed by atoms with Gasteiger partial charge in [-0.1, -0.05) is 0 Å². The Balaban J connectivity index is 2.29. The van der Waals surface area contributed by atoms with Crippen LogP contribution in [-0.2, 0) is 11.2 Å². The van der Waals surface area contributed by atoms with Crippen molar-refractivity contribution in [2.45, 2.75) is 12.8 Å². The summed E-state index contributed by atoms with van der Waals surface area (Å²) in [6.45, 7) is 0. The Kier molecular flexibility index (Phi) is 4.07. The van der Waals surface area contributed by atoms with Gasteiger partial charge in [0.25, 0.3) is 0 Å². The molecule has 0 unspecified atom stereocenters. The second-order valence-electron chi connectivity index (χ2n) is 4.02. The molecule has 19 heavy (non-hydrogen) atoms. The van der Waals surface area contributed by atoms with E-state index >= 15 is 0 Å². The van der Waals surface area contributed by atoms with E-state index in [2.05, 4.69) is 9.97 Å². The highest BCUT2D eigenvalue weighted by molar-refractivity contribution is 5.68. The Morgan fingerprint density at radius 1 is 1.32 bits per heavy atom. The molecule has 0 saturated carbocycles. The summed E-state index contributed by atoms with van der Waals surface area (Å²) in [7, 11) is 1.61. The number of hydrogen-bond acceptors (Lipinski definition) is 4. The summed E-state index contributed by atoms with van der Waals surface area (Å²) >= 11 is 0. The van der Waals surface area contributed by atoms with Crippen molar-refractivity contribution in [1.82, 2.24) is 9.97 Å². The van der Waals surface area contributed by atoms with Crippen LogP contribution in [0.25, 0.3) is 11.3 Å². The van der Waals surface area contributed by atoms with Crippen LogP contribution >= 0.6 is 0 Å². The number of carboxylic acid groups (broad SMARTS) is 1. The van der Waals surface area contributed by atoms with Crippen LogP contribution in [0, 0.1) is 0 Å². The van der Waals surface area contributed by atoms with Gasteiger partial charge in [-0.25, -0.2) is 9.97 Å². The van der Waals surface area contributed by atoms with Crippen LogP contribution in [0.15, 0.2) is 36.8 Å². The number of rotatable bonds is 5. The first-order valence-corrected chi connectivity index (χ1v) is 5.86. The third kappa shape index (κ3) is 3.28. The fourth-order valence-electron chi connectivity index (χ4n) is 1.79. The molecule has 0 atom stereocenters. The van der Waals surface area contributed by atoms with Gasteiger partial charge >= 0.3 is 5.97 Å². The Morgan fingerprint density at radius 3 is 2.68 bits per heavy atom. The van der Waals surface area contributed by atoms with Gasteiger partial charge in [0.2, 0.25) is 0 Å². The van der Waals surface area contributed by atoms with E-state index in [1.54, 1.807) is 13.3 Å². The maximum Gasteiger partial charge on any atom is 0.303 e. The van der Waals surface area contributed by atoms with Crippen LogP contribution < -0.4 is 4.74 Å². The van der Waals surface area contributed by atoms with Crippen LogP contribution in [-0.4, -0.2) is 28.2 Å². The number of nitrogens with zero attached hydrogens (tertiary/aromatic N) is 2. The summed E-state index contributed by atoms with van der Waals surface area (Å²) in [5.41, 5.74) is 2.51. The highest BCUT2D eigenvalue weighted by Gasteiger charge is 2.08. The number of carboxylic acids is 1. The summed E-state index contributed by atoms with van der Waals surface area (Å²) in [5, 5.41) is 8.75. The van der Waals surface area contributed by atoms with Gasteiger partial charge in [-0.15, -0.1) is 0 Å². The highest BCUT2D eigenvalue weighted by atomic mass is 16.5. The lowest BCUT2D eigenvalue weighted by molar-refractivity contribution is -0.136. The Hall–Kier alpha value is -2.43. The molecule has 0 aliphatic rings. The minimum Gasteiger partial charge on any atom is -0.497 e. The molecule has 1 aromatic heterocycles. The van der Waals surface area contributed by atoms with Crippen molar-refractivity contribution < 1.29 is 14.6 Å². The Morgan fingerprint density at radius 2 is 2.05 bits per heavy atom. The average molecular weight is 258 g/mol. The zero-order valence-electron chi connectivity index (χ0n) is 10.5. The van der Waals surface area contributed by atoms with E-state index in [9.17, 15) is 4.79 Å². The molecule has 0 aliphatic heterocycles. The second kappa shape index (κ2) is 5.95. The van der Waals surface area contributed by atoms with E-state index < -0.39 is 5.97 Å². The van der Waals surface area contributed by atoms with Gasteiger partial charge in [-0.3, -0.25) is 4.79 Å². The van der Waals surface area contributed by atoms with Crippen LogP contribution in [0.2, 0.25) is 0 Å². The maximum atomic E-state index is 10.6. The molecule has 1 heterocycles. The van der Waals surface area contributed by atoms with E-state index in [4.69, 9.17) is 9.84 Å². The number of ether oxygens (including phenoxy) is 1. The molecule has 2 rings (SSSR count). The topological polar surface area (TPSA) is 72.3 Å². The molecule has 2 aromatic rings. The van der Waals surface area contributed by atoms with Crippen molar-refractivity contribution in [1.29, 1.82) is 0 Å². The minimum absolute atomic E-state index is 0.0660. The van der Waals surface area contributed by atoms with Crippen molar-refractivity contribution in [3.8, 4) is 17.0 Å². The summed E-state index contributed by atoms with van der Waals surface area (Å²) in [4.78, 5) is 18.8. The zero-order chi connectivity index (χ0) is 13.7. The fourth-order valence-corrected chi connectivity index (χ4v) is 1.79. The number of aliphatic carboxylic acids is 1. The molecule has 1 N–H and O–H groups in total. The molecule has 0 saturated heterocycles. The number of carbonyl (C=O) groups is 1. The van der Waals surface area contributed by atoms with Crippen molar-refractivity contribution in [3.05, 3.63) is 42.4 Å². The number of aromatic nitrogens is 2. The molecule has 0 fully saturated rings. The molecule has 1 aromatic carbocycles. The molecule has 0 spiro atoms. The maximum absolute atomic E-state index is 10.6. The summed E-state index contributed by atoms with van der Waals surface area (Å²) < 4.78 is 5.10. The van der Waals surface area contributed by atoms with Gasteiger partial charge in [-0.05, 0) is 36.2 Å². The predicted octanol–water partition coefficient (Wildman–Crippen LogP) is 2.17. The number of benzene rings is 1. The molecule has 0 aliphatic carbocycles. The molecule has 5 heteroatoms. The smallest absolute Gasteiger partial charge is 0.303 e. The fraction of sp³-hybridized carbons (Fsp3) is 0.214. The SMILES string of the molecule is COc1ccc(-c2ncncc2CCC(=O)O)cc1. The third-order valence-electron chi connectivity index (χ3n) is 2.76. The summed E-state index contributed by atoms with van der Waals surface area (Å²) in [5.74, 6) is -0.0607. The van der Waals surface area contributed by atoms with Gasteiger partial charge < -0.3 is 9.84 Å². The minimum atomic E-state index is -0.829. The standard InChI is InChI=1S/C14H14N2O3/c1-19-12-5-2-10(3-6-12)14-11(4-7-13(17)18)8-15-9-16-14/h2-3,5-6,8-9H,4,7H2,1H3,(H,17,18). The highest BCUT2D eigenvalue weighted by Crippen LogP contribution is 2.23. The largest absolute Gasteiger partial charge is 0.497 e. The number of methoxy groups -OCH3 is 1. The molecular weight excluding hydrogens is 244 g/mol. The van der Waals surface area contributed by atoms with Crippen molar-refractivity contribution in [2.75, 3.05) is 7.11 Å². The van der Waals surface area contributed by atoms with Crippen LogP contribution in [0.5, 0.6) is 5.75 Å². The summed E-state index contributed by atoms with van der Waals surface area (Å²) in [6, 6.07) is 7.48. The Bertz CT molecular complexity index is 567. The van der Waals surface area contributed by atoms with E-state index in [-0.39, 0.29) is 6.42 Å². The predicted molar refractivity (Wildman–Crippen MR) is 70.0 cm³/mol. The lowest BCUT2D eigenvalue weighted by atomic mass is 10.0. The van der Waals surface area contributed by atoms with Gasteiger partial charge in [0.15, 0.2) is 0 Å². The monoisotopic (exact) mass is 258 g/mol. The van der Waals surface area contributed by atoms with Crippen LogP contribution in [0.4, 0.5) is 0 Å². The number of hydrogen-bond donors (Lipinski definition) is 1. The van der Waals surface area contributed by atoms with Gasteiger partial charge in [0.05, 0.1) is 12.8 Å². The van der Waals surface area contributed by atoms with Crippen molar-refractivity contribution in [2.24, 2.45) is 0 Å². The average Bonchev–Trinajstić information content (AvgIpc) is 2.45. The first kappa shape index (κ1) is 13.0. The zero-order valence-corrected chi connectivity index (χ0v) is 10.5. The molecule has 98 valence electrons. The first-order valence-electron chi connectivity index (χ1n) is 5.86. The van der Waals surface area contributed by atoms with Gasteiger partial charge in [0.1, 0.15) is 12.1 Å².